The van der Waals surface area contributed by atoms with E-state index in [0.717, 1.165) is 41.6 Å². The van der Waals surface area contributed by atoms with Crippen LogP contribution in [0.15, 0.2) is 59.0 Å². The Hall–Kier alpha value is -2.66. The Kier molecular flexibility index (Phi) is 6.60. The average molecular weight is 380 g/mol. The number of hydrogen-bond donors (Lipinski definition) is 1. The van der Waals surface area contributed by atoms with Crippen molar-refractivity contribution in [1.29, 1.82) is 0 Å². The third-order valence-corrected chi connectivity index (χ3v) is 5.31. The Balaban J connectivity index is 1.63. The molecule has 0 spiro atoms. The van der Waals surface area contributed by atoms with Crippen molar-refractivity contribution >= 4 is 39.2 Å². The van der Waals surface area contributed by atoms with Crippen LogP contribution in [0.4, 0.5) is 5.69 Å². The third kappa shape index (κ3) is 4.74. The minimum absolute atomic E-state index is 0.183. The number of fused-ring (bicyclic) bond motifs is 1. The zero-order chi connectivity index (χ0) is 19.1. The number of anilines is 1. The highest BCUT2D eigenvalue weighted by Crippen LogP contribution is 2.25. The van der Waals surface area contributed by atoms with Crippen LogP contribution in [0.2, 0.25) is 0 Å². The average Bonchev–Trinajstić information content (AvgIpc) is 3.13. The summed E-state index contributed by atoms with van der Waals surface area (Å²) < 4.78 is 1.10. The molecule has 0 radical (unpaired) electrons. The molecule has 0 unspecified atom stereocenters. The summed E-state index contributed by atoms with van der Waals surface area (Å²) in [6, 6.07) is 16.2. The van der Waals surface area contributed by atoms with Crippen molar-refractivity contribution in [1.82, 2.24) is 5.43 Å². The maximum absolute atomic E-state index is 12.4. The molecule has 4 nitrogen and oxygen atoms in total. The summed E-state index contributed by atoms with van der Waals surface area (Å²) in [4.78, 5) is 14.8. The van der Waals surface area contributed by atoms with Crippen LogP contribution >= 0.6 is 11.3 Å². The molecule has 1 amide bonds. The first-order valence-corrected chi connectivity index (χ1v) is 10.3. The quantitative estimate of drug-likeness (QED) is 0.427. The third-order valence-electron chi connectivity index (χ3n) is 4.35. The molecule has 0 atom stereocenters. The Morgan fingerprint density at radius 3 is 2.48 bits per heavy atom. The predicted molar refractivity (Wildman–Crippen MR) is 116 cm³/mol. The van der Waals surface area contributed by atoms with Crippen LogP contribution in [0.1, 0.15) is 42.6 Å². The number of hydrogen-bond acceptors (Lipinski definition) is 4. The SMILES string of the molecule is CCCN(CCC)c1ccc(/C=N\NC(=O)c2csc3ccccc23)cc1. The molecule has 0 bridgehead atoms. The highest BCUT2D eigenvalue weighted by molar-refractivity contribution is 7.17. The summed E-state index contributed by atoms with van der Waals surface area (Å²) in [5.41, 5.74) is 5.48. The van der Waals surface area contributed by atoms with Gasteiger partial charge in [-0.15, -0.1) is 11.3 Å². The topological polar surface area (TPSA) is 44.7 Å². The molecule has 5 heteroatoms. The van der Waals surface area contributed by atoms with Crippen LogP contribution in [0, 0.1) is 0 Å². The monoisotopic (exact) mass is 379 g/mol. The Bertz CT molecular complexity index is 909. The van der Waals surface area contributed by atoms with Crippen molar-refractivity contribution in [2.75, 3.05) is 18.0 Å². The molecule has 3 rings (SSSR count). The van der Waals surface area contributed by atoms with E-state index in [9.17, 15) is 4.79 Å². The molecular formula is C22H25N3OS. The normalized spacial score (nSPS) is 11.2. The molecule has 27 heavy (non-hydrogen) atoms. The number of nitrogens with zero attached hydrogens (tertiary/aromatic N) is 2. The first-order valence-electron chi connectivity index (χ1n) is 9.37. The van der Waals surface area contributed by atoms with Gasteiger partial charge in [0.2, 0.25) is 0 Å². The number of carbonyl (C=O) groups is 1. The number of carbonyl (C=O) groups excluding carboxylic acids is 1. The lowest BCUT2D eigenvalue weighted by atomic mass is 10.2. The van der Waals surface area contributed by atoms with Crippen molar-refractivity contribution in [2.24, 2.45) is 5.10 Å². The zero-order valence-electron chi connectivity index (χ0n) is 15.8. The lowest BCUT2D eigenvalue weighted by Gasteiger charge is -2.23. The van der Waals surface area contributed by atoms with Crippen molar-refractivity contribution in [3.63, 3.8) is 0 Å². The van der Waals surface area contributed by atoms with Gasteiger partial charge in [-0.25, -0.2) is 5.43 Å². The largest absolute Gasteiger partial charge is 0.372 e. The van der Waals surface area contributed by atoms with Gasteiger partial charge in [-0.05, 0) is 36.6 Å². The molecule has 1 N–H and O–H groups in total. The molecule has 0 aliphatic rings. The van der Waals surface area contributed by atoms with E-state index < -0.39 is 0 Å². The van der Waals surface area contributed by atoms with Crippen LogP contribution in [0.25, 0.3) is 10.1 Å². The van der Waals surface area contributed by atoms with Crippen molar-refractivity contribution in [3.8, 4) is 0 Å². The van der Waals surface area contributed by atoms with Gasteiger partial charge < -0.3 is 4.90 Å². The van der Waals surface area contributed by atoms with Crippen molar-refractivity contribution in [3.05, 3.63) is 65.0 Å². The first-order chi connectivity index (χ1) is 13.2. The number of amides is 1. The fourth-order valence-electron chi connectivity index (χ4n) is 3.06. The second-order valence-electron chi connectivity index (χ2n) is 6.42. The summed E-state index contributed by atoms with van der Waals surface area (Å²) in [5, 5.41) is 6.96. The summed E-state index contributed by atoms with van der Waals surface area (Å²) in [5.74, 6) is -0.183. The van der Waals surface area contributed by atoms with E-state index in [1.54, 1.807) is 17.6 Å². The summed E-state index contributed by atoms with van der Waals surface area (Å²) in [6.07, 6.45) is 3.94. The highest BCUT2D eigenvalue weighted by atomic mass is 32.1. The fourth-order valence-corrected chi connectivity index (χ4v) is 4.00. The summed E-state index contributed by atoms with van der Waals surface area (Å²) in [6.45, 7) is 6.52. The molecule has 0 saturated heterocycles. The van der Waals surface area contributed by atoms with Gasteiger partial charge >= 0.3 is 0 Å². The molecule has 2 aromatic carbocycles. The van der Waals surface area contributed by atoms with Gasteiger partial charge in [0, 0.05) is 34.2 Å². The van der Waals surface area contributed by atoms with E-state index in [4.69, 9.17) is 0 Å². The lowest BCUT2D eigenvalue weighted by molar-refractivity contribution is 0.0957. The zero-order valence-corrected chi connectivity index (χ0v) is 16.6. The van der Waals surface area contributed by atoms with Crippen LogP contribution in [0.5, 0.6) is 0 Å². The Morgan fingerprint density at radius 2 is 1.78 bits per heavy atom. The molecule has 0 aliphatic heterocycles. The highest BCUT2D eigenvalue weighted by Gasteiger charge is 2.10. The number of thiophene rings is 1. The molecule has 0 saturated carbocycles. The van der Waals surface area contributed by atoms with Crippen LogP contribution < -0.4 is 10.3 Å². The molecule has 0 fully saturated rings. The molecule has 1 aromatic heterocycles. The minimum Gasteiger partial charge on any atom is -0.372 e. The second kappa shape index (κ2) is 9.33. The summed E-state index contributed by atoms with van der Waals surface area (Å²) in [7, 11) is 0. The van der Waals surface area contributed by atoms with E-state index in [1.807, 2.05) is 41.8 Å². The lowest BCUT2D eigenvalue weighted by Crippen LogP contribution is -2.24. The second-order valence-corrected chi connectivity index (χ2v) is 7.33. The molecule has 140 valence electrons. The van der Waals surface area contributed by atoms with E-state index in [1.165, 1.54) is 5.69 Å². The van der Waals surface area contributed by atoms with Crippen LogP contribution in [0.3, 0.4) is 0 Å². The predicted octanol–water partition coefficient (Wildman–Crippen LogP) is 5.29. The minimum atomic E-state index is -0.183. The number of rotatable bonds is 8. The van der Waals surface area contributed by atoms with E-state index in [-0.39, 0.29) is 5.91 Å². The molecule has 3 aromatic rings. The van der Waals surface area contributed by atoms with Crippen molar-refractivity contribution in [2.45, 2.75) is 26.7 Å². The number of benzene rings is 2. The smallest absolute Gasteiger partial charge is 0.272 e. The van der Waals surface area contributed by atoms with Crippen LogP contribution in [-0.4, -0.2) is 25.2 Å². The van der Waals surface area contributed by atoms with Gasteiger partial charge in [0.15, 0.2) is 0 Å². The maximum Gasteiger partial charge on any atom is 0.272 e. The molecule has 0 aliphatic carbocycles. The molecular weight excluding hydrogens is 354 g/mol. The van der Waals surface area contributed by atoms with Gasteiger partial charge in [0.25, 0.3) is 5.91 Å². The number of nitrogens with one attached hydrogen (secondary N) is 1. The number of hydrazone groups is 1. The Labute approximate surface area is 164 Å². The maximum atomic E-state index is 12.4. The molecule has 1 heterocycles. The van der Waals surface area contributed by atoms with Gasteiger partial charge in [0.05, 0.1) is 11.8 Å². The Morgan fingerprint density at radius 1 is 1.07 bits per heavy atom. The van der Waals surface area contributed by atoms with Crippen LogP contribution in [-0.2, 0) is 0 Å². The fraction of sp³-hybridized carbons (Fsp3) is 0.273. The van der Waals surface area contributed by atoms with E-state index in [2.05, 4.69) is 41.4 Å². The van der Waals surface area contributed by atoms with E-state index >= 15 is 0 Å². The standard InChI is InChI=1S/C22H25N3OS/c1-3-13-25(14-4-2)18-11-9-17(10-12-18)15-23-24-22(26)20-16-27-21-8-6-5-7-19(20)21/h5-12,15-16H,3-4,13-14H2,1-2H3,(H,24,26)/b23-15-. The van der Waals surface area contributed by atoms with Crippen molar-refractivity contribution < 1.29 is 4.79 Å². The van der Waals surface area contributed by atoms with E-state index in [0.29, 0.717) is 5.56 Å². The van der Waals surface area contributed by atoms with Gasteiger partial charge in [0.1, 0.15) is 0 Å². The first kappa shape index (κ1) is 19.1. The summed E-state index contributed by atoms with van der Waals surface area (Å²) >= 11 is 1.57. The van der Waals surface area contributed by atoms with Gasteiger partial charge in [-0.1, -0.05) is 44.2 Å². The van der Waals surface area contributed by atoms with Gasteiger partial charge in [-0.2, -0.15) is 5.10 Å². The van der Waals surface area contributed by atoms with Gasteiger partial charge in [-0.3, -0.25) is 4.79 Å².